The summed E-state index contributed by atoms with van der Waals surface area (Å²) in [6, 6.07) is 0.585. The Morgan fingerprint density at radius 3 is 3.07 bits per heavy atom. The topological polar surface area (TPSA) is 21.3 Å². The summed E-state index contributed by atoms with van der Waals surface area (Å²) in [6.07, 6.45) is 9.33. The minimum atomic E-state index is 0.0755. The lowest BCUT2D eigenvalue weighted by molar-refractivity contribution is -0.0777. The number of hydrogen-bond acceptors (Lipinski definition) is 2. The van der Waals surface area contributed by atoms with Gasteiger partial charge in [-0.25, -0.2) is 0 Å². The van der Waals surface area contributed by atoms with Gasteiger partial charge in [0.1, 0.15) is 0 Å². The number of rotatable bonds is 4. The summed E-state index contributed by atoms with van der Waals surface area (Å²) in [5.74, 6) is 2.65. The van der Waals surface area contributed by atoms with Gasteiger partial charge in [0.15, 0.2) is 0 Å². The van der Waals surface area contributed by atoms with Crippen LogP contribution in [0, 0.1) is 12.3 Å². The Morgan fingerprint density at radius 1 is 1.64 bits per heavy atom. The standard InChI is InChI=1S/C12H21NO/c1-4-6-8-13-11-7-9-14-12(3,5-2)10-11/h1,11,13H,5-10H2,2-3H3. The van der Waals surface area contributed by atoms with Crippen LogP contribution in [0.15, 0.2) is 0 Å². The zero-order valence-electron chi connectivity index (χ0n) is 9.31. The molecule has 1 heterocycles. The first-order chi connectivity index (χ1) is 6.70. The molecule has 2 heteroatoms. The molecule has 0 bridgehead atoms. The van der Waals surface area contributed by atoms with E-state index in [0.717, 1.165) is 38.8 Å². The highest BCUT2D eigenvalue weighted by Gasteiger charge is 2.30. The first-order valence-electron chi connectivity index (χ1n) is 5.51. The number of hydrogen-bond donors (Lipinski definition) is 1. The zero-order chi connectivity index (χ0) is 10.4. The third-order valence-corrected chi connectivity index (χ3v) is 3.05. The van der Waals surface area contributed by atoms with Crippen molar-refractivity contribution in [3.63, 3.8) is 0 Å². The molecule has 0 aromatic heterocycles. The van der Waals surface area contributed by atoms with E-state index in [9.17, 15) is 0 Å². The van der Waals surface area contributed by atoms with Crippen molar-refractivity contribution in [3.8, 4) is 12.3 Å². The van der Waals surface area contributed by atoms with Crippen molar-refractivity contribution in [2.75, 3.05) is 13.2 Å². The monoisotopic (exact) mass is 195 g/mol. The van der Waals surface area contributed by atoms with E-state index < -0.39 is 0 Å². The molecular weight excluding hydrogens is 174 g/mol. The third-order valence-electron chi connectivity index (χ3n) is 3.05. The molecule has 0 aliphatic carbocycles. The summed E-state index contributed by atoms with van der Waals surface area (Å²) in [7, 11) is 0. The van der Waals surface area contributed by atoms with Gasteiger partial charge in [-0.05, 0) is 26.2 Å². The minimum absolute atomic E-state index is 0.0755. The molecule has 0 aromatic rings. The molecule has 0 saturated carbocycles. The quantitative estimate of drug-likeness (QED) is 0.547. The van der Waals surface area contributed by atoms with Gasteiger partial charge in [0.25, 0.3) is 0 Å². The largest absolute Gasteiger partial charge is 0.375 e. The Labute approximate surface area is 87.4 Å². The highest BCUT2D eigenvalue weighted by molar-refractivity contribution is 4.88. The lowest BCUT2D eigenvalue weighted by Crippen LogP contribution is -2.45. The first-order valence-corrected chi connectivity index (χ1v) is 5.51. The normalized spacial score (nSPS) is 32.5. The summed E-state index contributed by atoms with van der Waals surface area (Å²) in [5.41, 5.74) is 0.0755. The van der Waals surface area contributed by atoms with Gasteiger partial charge < -0.3 is 10.1 Å². The summed E-state index contributed by atoms with van der Waals surface area (Å²) < 4.78 is 5.77. The van der Waals surface area contributed by atoms with Crippen molar-refractivity contribution in [3.05, 3.63) is 0 Å². The van der Waals surface area contributed by atoms with Crippen LogP contribution in [0.3, 0.4) is 0 Å². The van der Waals surface area contributed by atoms with Crippen LogP contribution in [0.4, 0.5) is 0 Å². The van der Waals surface area contributed by atoms with E-state index in [1.165, 1.54) is 0 Å². The number of terminal acetylenes is 1. The van der Waals surface area contributed by atoms with E-state index in [1.807, 2.05) is 0 Å². The van der Waals surface area contributed by atoms with Crippen LogP contribution >= 0.6 is 0 Å². The van der Waals surface area contributed by atoms with Crippen molar-refractivity contribution in [1.82, 2.24) is 5.32 Å². The van der Waals surface area contributed by atoms with E-state index in [1.54, 1.807) is 0 Å². The molecule has 1 rings (SSSR count). The van der Waals surface area contributed by atoms with Gasteiger partial charge in [-0.3, -0.25) is 0 Å². The Hall–Kier alpha value is -0.520. The predicted molar refractivity (Wildman–Crippen MR) is 59.1 cm³/mol. The van der Waals surface area contributed by atoms with Crippen LogP contribution in [-0.2, 0) is 4.74 Å². The fourth-order valence-electron chi connectivity index (χ4n) is 1.90. The Kier molecular flexibility index (Phi) is 4.44. The third kappa shape index (κ3) is 3.32. The summed E-state index contributed by atoms with van der Waals surface area (Å²) in [5, 5.41) is 3.49. The predicted octanol–water partition coefficient (Wildman–Crippen LogP) is 1.95. The molecule has 0 amide bonds. The van der Waals surface area contributed by atoms with E-state index in [0.29, 0.717) is 6.04 Å². The van der Waals surface area contributed by atoms with Crippen molar-refractivity contribution in [1.29, 1.82) is 0 Å². The van der Waals surface area contributed by atoms with Crippen LogP contribution in [0.1, 0.15) is 39.5 Å². The van der Waals surface area contributed by atoms with E-state index in [-0.39, 0.29) is 5.60 Å². The summed E-state index contributed by atoms with van der Waals surface area (Å²) in [4.78, 5) is 0. The first kappa shape index (κ1) is 11.6. The lowest BCUT2D eigenvalue weighted by Gasteiger charge is -2.38. The second-order valence-electron chi connectivity index (χ2n) is 4.25. The molecule has 0 spiro atoms. The maximum absolute atomic E-state index is 5.77. The fourth-order valence-corrected chi connectivity index (χ4v) is 1.90. The molecule has 80 valence electrons. The van der Waals surface area contributed by atoms with E-state index in [4.69, 9.17) is 11.2 Å². The van der Waals surface area contributed by atoms with E-state index >= 15 is 0 Å². The molecule has 2 nitrogen and oxygen atoms in total. The number of nitrogens with one attached hydrogen (secondary N) is 1. The molecule has 0 aromatic carbocycles. The molecule has 1 fully saturated rings. The Bertz CT molecular complexity index is 209. The van der Waals surface area contributed by atoms with Crippen LogP contribution in [0.5, 0.6) is 0 Å². The Balaban J connectivity index is 2.30. The molecule has 1 aliphatic heterocycles. The van der Waals surface area contributed by atoms with Crippen LogP contribution in [-0.4, -0.2) is 24.8 Å². The molecule has 1 N–H and O–H groups in total. The maximum atomic E-state index is 5.77. The van der Waals surface area contributed by atoms with Gasteiger partial charge in [-0.1, -0.05) is 6.92 Å². The smallest absolute Gasteiger partial charge is 0.0666 e. The maximum Gasteiger partial charge on any atom is 0.0666 e. The van der Waals surface area contributed by atoms with Gasteiger partial charge >= 0.3 is 0 Å². The lowest BCUT2D eigenvalue weighted by atomic mass is 9.90. The fraction of sp³-hybridized carbons (Fsp3) is 0.833. The Morgan fingerprint density at radius 2 is 2.43 bits per heavy atom. The molecule has 0 radical (unpaired) electrons. The minimum Gasteiger partial charge on any atom is -0.375 e. The van der Waals surface area contributed by atoms with Gasteiger partial charge in [0.05, 0.1) is 5.60 Å². The zero-order valence-corrected chi connectivity index (χ0v) is 9.31. The van der Waals surface area contributed by atoms with Gasteiger partial charge in [0.2, 0.25) is 0 Å². The molecule has 1 aliphatic rings. The second kappa shape index (κ2) is 5.38. The average Bonchev–Trinajstić information content (AvgIpc) is 2.19. The second-order valence-corrected chi connectivity index (χ2v) is 4.25. The number of ether oxygens (including phenoxy) is 1. The van der Waals surface area contributed by atoms with Crippen molar-refractivity contribution in [2.45, 2.75) is 51.2 Å². The van der Waals surface area contributed by atoms with Crippen LogP contribution in [0.2, 0.25) is 0 Å². The molecule has 2 unspecified atom stereocenters. The molecular formula is C12H21NO. The average molecular weight is 195 g/mol. The SMILES string of the molecule is C#CCCNC1CCOC(C)(CC)C1. The molecule has 1 saturated heterocycles. The summed E-state index contributed by atoms with van der Waals surface area (Å²) >= 11 is 0. The summed E-state index contributed by atoms with van der Waals surface area (Å²) in [6.45, 7) is 6.19. The van der Waals surface area contributed by atoms with Crippen molar-refractivity contribution >= 4 is 0 Å². The van der Waals surface area contributed by atoms with Gasteiger partial charge in [-0.2, -0.15) is 0 Å². The van der Waals surface area contributed by atoms with E-state index in [2.05, 4.69) is 25.1 Å². The highest BCUT2D eigenvalue weighted by Crippen LogP contribution is 2.27. The highest BCUT2D eigenvalue weighted by atomic mass is 16.5. The van der Waals surface area contributed by atoms with Crippen molar-refractivity contribution in [2.24, 2.45) is 0 Å². The van der Waals surface area contributed by atoms with Crippen molar-refractivity contribution < 1.29 is 4.74 Å². The van der Waals surface area contributed by atoms with Gasteiger partial charge in [0, 0.05) is 25.6 Å². The molecule has 2 atom stereocenters. The van der Waals surface area contributed by atoms with Gasteiger partial charge in [-0.15, -0.1) is 12.3 Å². The van der Waals surface area contributed by atoms with Crippen LogP contribution < -0.4 is 5.32 Å². The van der Waals surface area contributed by atoms with Crippen LogP contribution in [0.25, 0.3) is 0 Å². The molecule has 14 heavy (non-hydrogen) atoms.